The first-order chi connectivity index (χ1) is 19.2. The predicted molar refractivity (Wildman–Crippen MR) is 151 cm³/mol. The molecule has 1 aliphatic carbocycles. The van der Waals surface area contributed by atoms with Gasteiger partial charge >= 0.3 is 0 Å². The first kappa shape index (κ1) is 29.8. The van der Waals surface area contributed by atoms with Crippen LogP contribution in [0.5, 0.6) is 0 Å². The largest absolute Gasteiger partial charge is 0.342 e. The second-order valence-electron chi connectivity index (χ2n) is 11.5. The molecular weight excluding hydrogens is 512 g/mol. The molecule has 2 amide bonds. The Balaban J connectivity index is 1.36. The van der Waals surface area contributed by atoms with Crippen molar-refractivity contribution in [1.82, 2.24) is 15.5 Å². The molecule has 8 heteroatoms. The van der Waals surface area contributed by atoms with Gasteiger partial charge < -0.3 is 15.5 Å². The molecule has 2 N–H and O–H groups in total. The highest BCUT2D eigenvalue weighted by atomic mass is 19.1. The van der Waals surface area contributed by atoms with Crippen molar-refractivity contribution in [1.29, 1.82) is 0 Å². The predicted octanol–water partition coefficient (Wildman–Crippen LogP) is 5.36. The number of amides is 2. The number of ketones is 1. The van der Waals surface area contributed by atoms with Crippen molar-refractivity contribution in [2.24, 2.45) is 11.8 Å². The zero-order chi connectivity index (χ0) is 28.6. The Morgan fingerprint density at radius 3 is 2.48 bits per heavy atom. The number of Topliss-reactive ketones (excluding diaryl/α,β-unsaturated/α-hetero) is 1. The Labute approximate surface area is 235 Å². The normalized spacial score (nSPS) is 18.9. The van der Waals surface area contributed by atoms with Crippen molar-refractivity contribution in [3.63, 3.8) is 0 Å². The topological polar surface area (TPSA) is 78.5 Å². The van der Waals surface area contributed by atoms with Crippen LogP contribution in [0.1, 0.15) is 86.2 Å². The molecule has 216 valence electrons. The maximum atomic E-state index is 13.9. The number of carbonyl (C=O) groups excluding carboxylic acids is 3. The quantitative estimate of drug-likeness (QED) is 0.415. The number of nitrogens with one attached hydrogen (secondary N) is 2. The van der Waals surface area contributed by atoms with Crippen LogP contribution in [0.3, 0.4) is 0 Å². The molecule has 0 aromatic heterocycles. The second kappa shape index (κ2) is 14.0. The molecule has 2 aliphatic rings. The van der Waals surface area contributed by atoms with Gasteiger partial charge in [-0.25, -0.2) is 8.78 Å². The molecule has 2 fully saturated rings. The van der Waals surface area contributed by atoms with Crippen LogP contribution >= 0.6 is 0 Å². The molecule has 1 aliphatic heterocycles. The third-order valence-electron chi connectivity index (χ3n) is 8.28. The average Bonchev–Trinajstić information content (AvgIpc) is 2.97. The van der Waals surface area contributed by atoms with E-state index in [0.29, 0.717) is 24.2 Å². The highest BCUT2D eigenvalue weighted by Crippen LogP contribution is 2.30. The van der Waals surface area contributed by atoms with Gasteiger partial charge in [0.2, 0.25) is 5.91 Å². The molecule has 0 spiro atoms. The van der Waals surface area contributed by atoms with Crippen LogP contribution in [-0.2, 0) is 16.1 Å². The summed E-state index contributed by atoms with van der Waals surface area (Å²) in [6.45, 7) is 5.14. The summed E-state index contributed by atoms with van der Waals surface area (Å²) < 4.78 is 27.0. The standard InChI is InChI=1S/C32H41F2N3O3/c1-21(2)31(39)30(22-8-4-3-5-9-22)36-32(40)24-11-6-10-23(16-24)26-12-7-15-37(20-26)29(38)19-35-18-25-13-14-27(33)17-28(25)34/h6,10-11,13-14,16-17,21-22,26,30,35H,3-5,7-9,12,15,18-20H2,1-2H3,(H,36,40)/t26-,30-/m1/s1. The Morgan fingerprint density at radius 2 is 1.75 bits per heavy atom. The number of benzene rings is 2. The summed E-state index contributed by atoms with van der Waals surface area (Å²) >= 11 is 0. The van der Waals surface area contributed by atoms with E-state index in [9.17, 15) is 23.2 Å². The summed E-state index contributed by atoms with van der Waals surface area (Å²) in [7, 11) is 0. The maximum Gasteiger partial charge on any atom is 0.251 e. The molecular formula is C32H41F2N3O3. The van der Waals surface area contributed by atoms with Gasteiger partial charge in [0, 0.05) is 48.7 Å². The van der Waals surface area contributed by atoms with Gasteiger partial charge in [0.05, 0.1) is 12.6 Å². The number of hydrogen-bond donors (Lipinski definition) is 2. The van der Waals surface area contributed by atoms with Gasteiger partial charge in [0.15, 0.2) is 5.78 Å². The van der Waals surface area contributed by atoms with Crippen molar-refractivity contribution >= 4 is 17.6 Å². The molecule has 40 heavy (non-hydrogen) atoms. The maximum absolute atomic E-state index is 13.9. The van der Waals surface area contributed by atoms with E-state index >= 15 is 0 Å². The van der Waals surface area contributed by atoms with Gasteiger partial charge in [-0.15, -0.1) is 0 Å². The Morgan fingerprint density at radius 1 is 0.975 bits per heavy atom. The summed E-state index contributed by atoms with van der Waals surface area (Å²) in [6, 6.07) is 10.5. The molecule has 1 saturated carbocycles. The molecule has 1 saturated heterocycles. The van der Waals surface area contributed by atoms with E-state index in [4.69, 9.17) is 0 Å². The molecule has 2 aromatic carbocycles. The minimum Gasteiger partial charge on any atom is -0.342 e. The van der Waals surface area contributed by atoms with Crippen LogP contribution < -0.4 is 10.6 Å². The van der Waals surface area contributed by atoms with Gasteiger partial charge in [-0.1, -0.05) is 51.3 Å². The van der Waals surface area contributed by atoms with Crippen LogP contribution in [0.2, 0.25) is 0 Å². The van der Waals surface area contributed by atoms with E-state index in [1.807, 2.05) is 32.0 Å². The number of rotatable bonds is 10. The lowest BCUT2D eigenvalue weighted by atomic mass is 9.80. The van der Waals surface area contributed by atoms with E-state index in [2.05, 4.69) is 10.6 Å². The van der Waals surface area contributed by atoms with Crippen molar-refractivity contribution < 1.29 is 23.2 Å². The molecule has 2 atom stereocenters. The van der Waals surface area contributed by atoms with E-state index in [0.717, 1.165) is 50.2 Å². The first-order valence-electron chi connectivity index (χ1n) is 14.6. The molecule has 6 nitrogen and oxygen atoms in total. The summed E-state index contributed by atoms with van der Waals surface area (Å²) in [6.07, 6.45) is 7.03. The monoisotopic (exact) mass is 553 g/mol. The number of likely N-dealkylation sites (tertiary alicyclic amines) is 1. The number of nitrogens with zero attached hydrogens (tertiary/aromatic N) is 1. The van der Waals surface area contributed by atoms with Gasteiger partial charge in [0.1, 0.15) is 11.6 Å². The minimum absolute atomic E-state index is 0.0540. The first-order valence-corrected chi connectivity index (χ1v) is 14.6. The molecule has 1 heterocycles. The van der Waals surface area contributed by atoms with Crippen molar-refractivity contribution in [3.8, 4) is 0 Å². The summed E-state index contributed by atoms with van der Waals surface area (Å²) in [4.78, 5) is 41.0. The van der Waals surface area contributed by atoms with Crippen LogP contribution in [-0.4, -0.2) is 48.2 Å². The lowest BCUT2D eigenvalue weighted by molar-refractivity contribution is -0.131. The Kier molecular flexibility index (Phi) is 10.4. The summed E-state index contributed by atoms with van der Waals surface area (Å²) in [5.74, 6) is -1.36. The number of hydrogen-bond acceptors (Lipinski definition) is 4. The van der Waals surface area contributed by atoms with Gasteiger partial charge in [0.25, 0.3) is 5.91 Å². The smallest absolute Gasteiger partial charge is 0.251 e. The molecule has 0 unspecified atom stereocenters. The van der Waals surface area contributed by atoms with Gasteiger partial charge in [-0.2, -0.15) is 0 Å². The fourth-order valence-electron chi connectivity index (χ4n) is 5.96. The molecule has 0 radical (unpaired) electrons. The zero-order valence-corrected chi connectivity index (χ0v) is 23.6. The van der Waals surface area contributed by atoms with Gasteiger partial charge in [-0.05, 0) is 55.4 Å². The van der Waals surface area contributed by atoms with Crippen LogP contribution in [0.4, 0.5) is 8.78 Å². The Hall–Kier alpha value is -3.13. The van der Waals surface area contributed by atoms with Crippen molar-refractivity contribution in [2.75, 3.05) is 19.6 Å². The fraction of sp³-hybridized carbons (Fsp3) is 0.531. The number of piperidine rings is 1. The minimum atomic E-state index is -0.638. The summed E-state index contributed by atoms with van der Waals surface area (Å²) in [5, 5.41) is 6.04. The lowest BCUT2D eigenvalue weighted by Crippen LogP contribution is -2.48. The van der Waals surface area contributed by atoms with Crippen molar-refractivity contribution in [2.45, 2.75) is 77.3 Å². The highest BCUT2D eigenvalue weighted by Gasteiger charge is 2.32. The summed E-state index contributed by atoms with van der Waals surface area (Å²) in [5.41, 5.74) is 1.83. The molecule has 0 bridgehead atoms. The third kappa shape index (κ3) is 7.74. The van der Waals surface area contributed by atoms with Gasteiger partial charge in [-0.3, -0.25) is 14.4 Å². The van der Waals surface area contributed by atoms with Crippen molar-refractivity contribution in [3.05, 3.63) is 70.8 Å². The van der Waals surface area contributed by atoms with E-state index in [1.54, 1.807) is 11.0 Å². The van der Waals surface area contributed by atoms with Crippen LogP contribution in [0.15, 0.2) is 42.5 Å². The van der Waals surface area contributed by atoms with E-state index < -0.39 is 17.7 Å². The molecule has 2 aromatic rings. The Bertz CT molecular complexity index is 1200. The second-order valence-corrected chi connectivity index (χ2v) is 11.5. The number of carbonyl (C=O) groups is 3. The molecule has 4 rings (SSSR count). The SMILES string of the molecule is CC(C)C(=O)[C@H](NC(=O)c1cccc([C@@H]2CCCN(C(=O)CNCc3ccc(F)cc3F)C2)c1)C1CCCCC1. The number of halogens is 2. The van der Waals surface area contributed by atoms with Crippen LogP contribution in [0, 0.1) is 23.5 Å². The third-order valence-corrected chi connectivity index (χ3v) is 8.28. The van der Waals surface area contributed by atoms with Crippen LogP contribution in [0.25, 0.3) is 0 Å². The average molecular weight is 554 g/mol. The fourth-order valence-corrected chi connectivity index (χ4v) is 5.96. The van der Waals surface area contributed by atoms with E-state index in [-0.39, 0.29) is 48.4 Å². The van der Waals surface area contributed by atoms with E-state index in [1.165, 1.54) is 18.6 Å². The highest BCUT2D eigenvalue weighted by molar-refractivity contribution is 5.98. The lowest BCUT2D eigenvalue weighted by Gasteiger charge is -2.33. The zero-order valence-electron chi connectivity index (χ0n) is 23.6.